The third kappa shape index (κ3) is 4.30. The molecule has 1 aliphatic carbocycles. The molecule has 4 heterocycles. The summed E-state index contributed by atoms with van der Waals surface area (Å²) >= 11 is 4.62. The zero-order valence-electron chi connectivity index (χ0n) is 17.2. The Kier molecular flexibility index (Phi) is 5.99. The molecule has 0 aromatic carbocycles. The molecule has 1 saturated carbocycles. The van der Waals surface area contributed by atoms with Crippen LogP contribution in [-0.4, -0.2) is 32.3 Å². The molecular weight excluding hydrogens is 460 g/mol. The van der Waals surface area contributed by atoms with Crippen LogP contribution in [0.1, 0.15) is 35.1 Å². The Hall–Kier alpha value is -2.69. The van der Waals surface area contributed by atoms with E-state index in [1.165, 1.54) is 28.3 Å². The summed E-state index contributed by atoms with van der Waals surface area (Å²) in [6.45, 7) is 0. The maximum Gasteiger partial charge on any atom is 0.253 e. The number of hydrogen-bond donors (Lipinski definition) is 2. The van der Waals surface area contributed by atoms with E-state index < -0.39 is 0 Å². The largest absolute Gasteiger partial charge is 0.383 e. The summed E-state index contributed by atoms with van der Waals surface area (Å²) in [4.78, 5) is 24.0. The minimum absolute atomic E-state index is 0.0723. The Bertz CT molecular complexity index is 1150. The molecule has 1 aliphatic heterocycles. The zero-order valence-corrected chi connectivity index (χ0v) is 19.6. The number of nitrogen functional groups attached to an aromatic ring is 2. The van der Waals surface area contributed by atoms with Crippen LogP contribution in [0.4, 0.5) is 11.6 Å². The molecule has 1 fully saturated rings. The molecule has 5 rings (SSSR count). The van der Waals surface area contributed by atoms with Crippen molar-refractivity contribution in [1.82, 2.24) is 15.0 Å². The first-order valence-corrected chi connectivity index (χ1v) is 13.0. The predicted octanol–water partition coefficient (Wildman–Crippen LogP) is 4.68. The van der Waals surface area contributed by atoms with Gasteiger partial charge in [0.15, 0.2) is 5.16 Å². The van der Waals surface area contributed by atoms with Crippen molar-refractivity contribution in [2.75, 3.05) is 17.2 Å². The van der Waals surface area contributed by atoms with Gasteiger partial charge in [-0.1, -0.05) is 23.9 Å². The summed E-state index contributed by atoms with van der Waals surface area (Å²) in [6.07, 6.45) is 5.33. The normalized spacial score (nSPS) is 21.6. The Balaban J connectivity index is 1.43. The molecular formula is C22H22N6OS3. The summed E-state index contributed by atoms with van der Waals surface area (Å²) in [5.41, 5.74) is 13.8. The number of hydrazone groups is 1. The van der Waals surface area contributed by atoms with Crippen molar-refractivity contribution >= 4 is 63.8 Å². The highest BCUT2D eigenvalue weighted by atomic mass is 32.2. The lowest BCUT2D eigenvalue weighted by molar-refractivity contribution is -0.130. The molecule has 0 unspecified atom stereocenters. The second-order valence-electron chi connectivity index (χ2n) is 7.66. The van der Waals surface area contributed by atoms with Crippen LogP contribution < -0.4 is 11.5 Å². The third-order valence-corrected chi connectivity index (χ3v) is 8.12. The topological polar surface area (TPSA) is 110 Å². The number of fused-ring (bicyclic) bond motifs is 1. The molecule has 32 heavy (non-hydrogen) atoms. The van der Waals surface area contributed by atoms with Gasteiger partial charge in [0.05, 0.1) is 17.5 Å². The van der Waals surface area contributed by atoms with E-state index in [9.17, 15) is 4.79 Å². The fourth-order valence-corrected chi connectivity index (χ4v) is 6.49. The molecule has 10 heteroatoms. The van der Waals surface area contributed by atoms with Gasteiger partial charge in [-0.3, -0.25) is 4.79 Å². The molecule has 3 aromatic heterocycles. The van der Waals surface area contributed by atoms with Crippen molar-refractivity contribution < 1.29 is 4.79 Å². The summed E-state index contributed by atoms with van der Waals surface area (Å²) in [5, 5.41) is 11.1. The van der Waals surface area contributed by atoms with Crippen molar-refractivity contribution in [3.8, 4) is 0 Å². The third-order valence-electron chi connectivity index (χ3n) is 5.52. The van der Waals surface area contributed by atoms with Crippen LogP contribution in [0.3, 0.4) is 0 Å². The van der Waals surface area contributed by atoms with Gasteiger partial charge in [0.25, 0.3) is 5.91 Å². The number of nitrogens with two attached hydrogens (primary N) is 2. The second-order valence-corrected chi connectivity index (χ2v) is 10.6. The average Bonchev–Trinajstić information content (AvgIpc) is 3.52. The fourth-order valence-electron chi connectivity index (χ4n) is 4.21. The van der Waals surface area contributed by atoms with Crippen LogP contribution in [0.5, 0.6) is 0 Å². The van der Waals surface area contributed by atoms with E-state index >= 15 is 0 Å². The number of hydrogen-bond acceptors (Lipinski definition) is 9. The molecule has 2 atom stereocenters. The number of allylic oxidation sites excluding steroid dienone is 1. The number of thiophene rings is 2. The first kappa shape index (κ1) is 21.2. The van der Waals surface area contributed by atoms with Gasteiger partial charge in [0.1, 0.15) is 11.6 Å². The van der Waals surface area contributed by atoms with Crippen molar-refractivity contribution in [1.29, 1.82) is 0 Å². The van der Waals surface area contributed by atoms with E-state index in [4.69, 9.17) is 16.6 Å². The maximum absolute atomic E-state index is 13.3. The summed E-state index contributed by atoms with van der Waals surface area (Å²) in [7, 11) is 0. The number of amides is 1. The average molecular weight is 483 g/mol. The zero-order chi connectivity index (χ0) is 22.1. The lowest BCUT2D eigenvalue weighted by atomic mass is 9.79. The van der Waals surface area contributed by atoms with E-state index in [1.54, 1.807) is 27.7 Å². The second kappa shape index (κ2) is 9.05. The predicted molar refractivity (Wildman–Crippen MR) is 133 cm³/mol. The van der Waals surface area contributed by atoms with E-state index in [-0.39, 0.29) is 23.6 Å². The van der Waals surface area contributed by atoms with Crippen LogP contribution in [0.2, 0.25) is 0 Å². The highest BCUT2D eigenvalue weighted by Crippen LogP contribution is 2.45. The smallest absolute Gasteiger partial charge is 0.253 e. The van der Waals surface area contributed by atoms with Gasteiger partial charge in [-0.25, -0.2) is 15.0 Å². The molecule has 164 valence electrons. The standard InChI is InChI=1S/C22H22N6OS3/c23-17-11-18(24)26-22(25-17)32-12-19(29)28-21(16-7-3-9-31-16)15-6-1-4-13(20(15)27-28)10-14-5-2-8-30-14/h2-3,5,7-11,15,21H,1,4,6,12H2,(H4,23,24,25,26)/b13-10+/t15-,21-/m1/s1. The van der Waals surface area contributed by atoms with E-state index in [1.807, 2.05) is 6.07 Å². The molecule has 0 spiro atoms. The molecule has 2 aliphatic rings. The van der Waals surface area contributed by atoms with E-state index in [0.29, 0.717) is 16.8 Å². The summed E-state index contributed by atoms with van der Waals surface area (Å²) < 4.78 is 0. The number of nitrogens with zero attached hydrogens (tertiary/aromatic N) is 4. The van der Waals surface area contributed by atoms with Gasteiger partial charge in [0, 0.05) is 21.7 Å². The lowest BCUT2D eigenvalue weighted by Crippen LogP contribution is -2.32. The molecule has 4 N–H and O–H groups in total. The quantitative estimate of drug-likeness (QED) is 0.404. The lowest BCUT2D eigenvalue weighted by Gasteiger charge is -2.28. The van der Waals surface area contributed by atoms with E-state index in [0.717, 1.165) is 29.9 Å². The van der Waals surface area contributed by atoms with Crippen molar-refractivity contribution in [2.45, 2.75) is 30.5 Å². The number of carbonyl (C=O) groups excluding carboxylic acids is 1. The van der Waals surface area contributed by atoms with Crippen LogP contribution >= 0.6 is 34.4 Å². The molecule has 0 bridgehead atoms. The number of rotatable bonds is 5. The van der Waals surface area contributed by atoms with Crippen molar-refractivity contribution in [3.63, 3.8) is 0 Å². The highest BCUT2D eigenvalue weighted by Gasteiger charge is 2.44. The highest BCUT2D eigenvalue weighted by molar-refractivity contribution is 7.99. The van der Waals surface area contributed by atoms with Crippen molar-refractivity contribution in [2.24, 2.45) is 11.0 Å². The van der Waals surface area contributed by atoms with Gasteiger partial charge in [0.2, 0.25) is 0 Å². The Morgan fingerprint density at radius 3 is 2.69 bits per heavy atom. The molecule has 7 nitrogen and oxygen atoms in total. The van der Waals surface area contributed by atoms with Crippen molar-refractivity contribution in [3.05, 3.63) is 56.4 Å². The SMILES string of the molecule is Nc1cc(N)nc(SCC(=O)N2N=C3/C(=C/c4cccs4)CCC[C@H]3[C@@H]2c2cccs2)n1. The fraction of sp³-hybridized carbons (Fsp3) is 0.273. The minimum atomic E-state index is -0.0737. The first-order chi connectivity index (χ1) is 15.6. The monoisotopic (exact) mass is 482 g/mol. The first-order valence-electron chi connectivity index (χ1n) is 10.3. The number of thioether (sulfide) groups is 1. The Labute approximate surface area is 198 Å². The van der Waals surface area contributed by atoms with Gasteiger partial charge >= 0.3 is 0 Å². The van der Waals surface area contributed by atoms with Gasteiger partial charge < -0.3 is 11.5 Å². The van der Waals surface area contributed by atoms with Crippen LogP contribution in [0.15, 0.2) is 56.9 Å². The van der Waals surface area contributed by atoms with E-state index in [2.05, 4.69) is 45.0 Å². The van der Waals surface area contributed by atoms with Gasteiger partial charge in [-0.05, 0) is 53.8 Å². The summed E-state index contributed by atoms with van der Waals surface area (Å²) in [6, 6.07) is 9.73. The van der Waals surface area contributed by atoms with Crippen LogP contribution in [0.25, 0.3) is 6.08 Å². The Morgan fingerprint density at radius 2 is 1.97 bits per heavy atom. The van der Waals surface area contributed by atoms with Crippen LogP contribution in [-0.2, 0) is 4.79 Å². The summed E-state index contributed by atoms with van der Waals surface area (Å²) in [5.74, 6) is 0.884. The van der Waals surface area contributed by atoms with Gasteiger partial charge in [-0.15, -0.1) is 22.7 Å². The molecule has 0 saturated heterocycles. The molecule has 3 aromatic rings. The number of carbonyl (C=O) groups is 1. The minimum Gasteiger partial charge on any atom is -0.383 e. The molecule has 0 radical (unpaired) electrons. The van der Waals surface area contributed by atoms with Crippen LogP contribution in [0, 0.1) is 5.92 Å². The maximum atomic E-state index is 13.3. The van der Waals surface area contributed by atoms with Gasteiger partial charge in [-0.2, -0.15) is 5.10 Å². The number of anilines is 2. The Morgan fingerprint density at radius 1 is 1.19 bits per heavy atom. The number of aromatic nitrogens is 2. The molecule has 1 amide bonds.